The smallest absolute Gasteiger partial charge is 0.437 e. The van der Waals surface area contributed by atoms with Crippen LogP contribution in [0.3, 0.4) is 0 Å². The lowest BCUT2D eigenvalue weighted by molar-refractivity contribution is -0.177. The van der Waals surface area contributed by atoms with E-state index in [-0.39, 0.29) is 25.5 Å². The van der Waals surface area contributed by atoms with Gasteiger partial charge in [0.1, 0.15) is 23.9 Å². The van der Waals surface area contributed by atoms with Gasteiger partial charge in [-0.15, -0.1) is 4.99 Å². The number of cyclic esters (lactones) is 1. The number of amides is 3. The summed E-state index contributed by atoms with van der Waals surface area (Å²) in [5.74, 6) is -1.17. The third-order valence-corrected chi connectivity index (χ3v) is 8.92. The molecule has 58 heavy (non-hydrogen) atoms. The molecule has 5 rings (SSSR count). The predicted octanol–water partition coefficient (Wildman–Crippen LogP) is 8.10. The number of carbonyl (C=O) groups excluding carboxylic acids is 4. The summed E-state index contributed by atoms with van der Waals surface area (Å²) >= 11 is 0. The molecule has 3 amide bonds. The fourth-order valence-corrected chi connectivity index (χ4v) is 6.61. The predicted molar refractivity (Wildman–Crippen MR) is 217 cm³/mol. The third-order valence-electron chi connectivity index (χ3n) is 8.92. The monoisotopic (exact) mass is 792 g/mol. The number of guanidine groups is 1. The van der Waals surface area contributed by atoms with E-state index in [0.717, 1.165) is 0 Å². The van der Waals surface area contributed by atoms with Gasteiger partial charge in [0.05, 0.1) is 6.04 Å². The minimum atomic E-state index is -1.51. The quantitative estimate of drug-likeness (QED) is 0.0696. The highest BCUT2D eigenvalue weighted by molar-refractivity contribution is 5.99. The van der Waals surface area contributed by atoms with Crippen molar-refractivity contribution in [3.8, 4) is 0 Å². The van der Waals surface area contributed by atoms with Crippen molar-refractivity contribution in [1.82, 2.24) is 15.1 Å². The van der Waals surface area contributed by atoms with Crippen LogP contribution in [0.1, 0.15) is 82.4 Å². The Hall–Kier alpha value is -6.21. The maximum absolute atomic E-state index is 14.8. The first kappa shape index (κ1) is 42.9. The molecule has 1 aliphatic heterocycles. The van der Waals surface area contributed by atoms with Crippen LogP contribution in [0.5, 0.6) is 0 Å². The van der Waals surface area contributed by atoms with E-state index in [2.05, 4.69) is 10.3 Å². The van der Waals surface area contributed by atoms with Crippen molar-refractivity contribution in [3.05, 3.63) is 144 Å². The van der Waals surface area contributed by atoms with Gasteiger partial charge in [0.25, 0.3) is 0 Å². The zero-order chi connectivity index (χ0) is 41.9. The van der Waals surface area contributed by atoms with Crippen molar-refractivity contribution >= 4 is 30.2 Å². The second kappa shape index (κ2) is 19.3. The fourth-order valence-electron chi connectivity index (χ4n) is 6.61. The average molecular weight is 793 g/mol. The van der Waals surface area contributed by atoms with Crippen LogP contribution < -0.4 is 5.32 Å². The Balaban J connectivity index is 1.73. The number of aliphatic hydroxyl groups excluding tert-OH is 1. The third kappa shape index (κ3) is 11.9. The van der Waals surface area contributed by atoms with Crippen LogP contribution in [0.4, 0.5) is 14.4 Å². The number of alkyl carbamates (subject to hydrolysis) is 1. The second-order valence-electron chi connectivity index (χ2n) is 15.8. The number of esters is 1. The van der Waals surface area contributed by atoms with Crippen molar-refractivity contribution in [2.75, 3.05) is 6.61 Å². The molecule has 1 aliphatic rings. The highest BCUT2D eigenvalue weighted by atomic mass is 16.6. The van der Waals surface area contributed by atoms with E-state index in [1.54, 1.807) is 53.7 Å². The van der Waals surface area contributed by atoms with Crippen LogP contribution in [0.15, 0.2) is 126 Å². The molecule has 0 unspecified atom stereocenters. The van der Waals surface area contributed by atoms with Gasteiger partial charge in [0, 0.05) is 13.2 Å². The molecule has 2 N–H and O–H groups in total. The summed E-state index contributed by atoms with van der Waals surface area (Å²) in [7, 11) is 0. The minimum Gasteiger partial charge on any atom is -0.453 e. The molecular weight excluding hydrogens is 741 g/mol. The summed E-state index contributed by atoms with van der Waals surface area (Å²) in [6.45, 7) is 9.37. The van der Waals surface area contributed by atoms with Crippen molar-refractivity contribution in [1.29, 1.82) is 0 Å². The summed E-state index contributed by atoms with van der Waals surface area (Å²) in [5, 5.41) is 13.4. The van der Waals surface area contributed by atoms with Crippen LogP contribution in [0, 0.1) is 0 Å². The summed E-state index contributed by atoms with van der Waals surface area (Å²) in [6, 6.07) is 32.7. The number of hydrogen-bond acceptors (Lipinski definition) is 9. The summed E-state index contributed by atoms with van der Waals surface area (Å²) < 4.78 is 23.5. The normalized spacial score (nSPS) is 17.7. The zero-order valence-corrected chi connectivity index (χ0v) is 33.7. The van der Waals surface area contributed by atoms with Crippen LogP contribution in [-0.2, 0) is 36.9 Å². The van der Waals surface area contributed by atoms with Gasteiger partial charge in [-0.3, -0.25) is 10.2 Å². The molecule has 13 nitrogen and oxygen atoms in total. The maximum Gasteiger partial charge on any atom is 0.437 e. The SMILES string of the molecule is CC(C)(C)OC(=O)/N=C(\NC(=O)OC(C)(C)C)N(Cc1ccccc1)[C@H](CCO)[C@H]1C(=O)O[C@H](c2ccccc2)[C@H](c2ccccc2)N1C(=O)OCc1ccccc1. The van der Waals surface area contributed by atoms with Gasteiger partial charge in [-0.25, -0.2) is 19.2 Å². The number of nitrogens with one attached hydrogen (secondary N) is 1. The lowest BCUT2D eigenvalue weighted by atomic mass is 9.88. The number of carbonyl (C=O) groups is 4. The topological polar surface area (TPSA) is 156 Å². The van der Waals surface area contributed by atoms with Crippen molar-refractivity contribution in [2.24, 2.45) is 4.99 Å². The largest absolute Gasteiger partial charge is 0.453 e. The molecule has 4 aromatic carbocycles. The van der Waals surface area contributed by atoms with E-state index in [4.69, 9.17) is 18.9 Å². The van der Waals surface area contributed by atoms with Gasteiger partial charge in [-0.1, -0.05) is 121 Å². The van der Waals surface area contributed by atoms with E-state index < -0.39 is 66.3 Å². The first-order valence-corrected chi connectivity index (χ1v) is 19.2. The number of nitrogens with zero attached hydrogens (tertiary/aromatic N) is 3. The number of aliphatic hydroxyl groups is 1. The number of rotatable bonds is 10. The molecule has 4 atom stereocenters. The standard InChI is InChI=1S/C45H52N4O9/c1-44(2,3)57-41(52)46-40(47-42(53)58-45(4,5)6)48(29-31-19-11-7-12-20-31)35(27-28-50)37-39(51)56-38(34-25-17-10-18-26-34)36(33-23-15-9-16-24-33)49(37)43(54)55-30-32-21-13-8-14-22-32/h7-26,35-38,50H,27-30H2,1-6H3,(H,46,47,52,53)/t35-,36+,37+,38-/m1/s1. The van der Waals surface area contributed by atoms with E-state index in [1.165, 1.54) is 9.80 Å². The molecular formula is C45H52N4O9. The van der Waals surface area contributed by atoms with Crippen LogP contribution in [0.25, 0.3) is 0 Å². The van der Waals surface area contributed by atoms with Crippen LogP contribution >= 0.6 is 0 Å². The molecule has 13 heteroatoms. The van der Waals surface area contributed by atoms with E-state index >= 15 is 0 Å². The molecule has 0 bridgehead atoms. The van der Waals surface area contributed by atoms with Crippen LogP contribution in [0.2, 0.25) is 0 Å². The van der Waals surface area contributed by atoms with E-state index in [0.29, 0.717) is 22.3 Å². The first-order valence-electron chi connectivity index (χ1n) is 19.2. The lowest BCUT2D eigenvalue weighted by Gasteiger charge is -2.49. The highest BCUT2D eigenvalue weighted by Crippen LogP contribution is 2.44. The number of ether oxygens (including phenoxy) is 4. The summed E-state index contributed by atoms with van der Waals surface area (Å²) in [6.07, 6.45) is -3.99. The Morgan fingerprint density at radius 1 is 0.776 bits per heavy atom. The zero-order valence-electron chi connectivity index (χ0n) is 33.7. The minimum absolute atomic E-state index is 0.0717. The molecule has 0 saturated carbocycles. The highest BCUT2D eigenvalue weighted by Gasteiger charge is 2.53. The van der Waals surface area contributed by atoms with Crippen molar-refractivity contribution in [2.45, 2.75) is 96.5 Å². The number of aliphatic imine (C=N–C) groups is 1. The van der Waals surface area contributed by atoms with Gasteiger partial charge in [0.2, 0.25) is 5.96 Å². The van der Waals surface area contributed by atoms with Gasteiger partial charge in [-0.05, 0) is 70.2 Å². The van der Waals surface area contributed by atoms with E-state index in [1.807, 2.05) is 109 Å². The Kier molecular flexibility index (Phi) is 14.3. The Bertz CT molecular complexity index is 2000. The first-order chi connectivity index (χ1) is 27.6. The number of hydrogen-bond donors (Lipinski definition) is 2. The van der Waals surface area contributed by atoms with Crippen LogP contribution in [-0.4, -0.2) is 75.0 Å². The van der Waals surface area contributed by atoms with Crippen molar-refractivity contribution in [3.63, 3.8) is 0 Å². The van der Waals surface area contributed by atoms with Gasteiger partial charge >= 0.3 is 24.2 Å². The molecule has 0 aliphatic carbocycles. The van der Waals surface area contributed by atoms with Gasteiger partial charge in [0.15, 0.2) is 12.1 Å². The number of morpholine rings is 1. The molecule has 306 valence electrons. The molecule has 1 heterocycles. The maximum atomic E-state index is 14.8. The van der Waals surface area contributed by atoms with E-state index in [9.17, 15) is 24.3 Å². The van der Waals surface area contributed by atoms with Gasteiger partial charge < -0.3 is 29.0 Å². The molecule has 0 radical (unpaired) electrons. The second-order valence-corrected chi connectivity index (χ2v) is 15.8. The fraction of sp³-hybridized carbons (Fsp3) is 0.356. The Labute approximate surface area is 339 Å². The average Bonchev–Trinajstić information content (AvgIpc) is 3.18. The Morgan fingerprint density at radius 2 is 1.29 bits per heavy atom. The van der Waals surface area contributed by atoms with Crippen molar-refractivity contribution < 1.29 is 43.2 Å². The molecule has 0 spiro atoms. The number of benzene rings is 4. The summed E-state index contributed by atoms with van der Waals surface area (Å²) in [4.78, 5) is 63.8. The summed E-state index contributed by atoms with van der Waals surface area (Å²) in [5.41, 5.74) is 0.748. The molecule has 1 fully saturated rings. The van der Waals surface area contributed by atoms with Gasteiger partial charge in [-0.2, -0.15) is 0 Å². The lowest BCUT2D eigenvalue weighted by Crippen LogP contribution is -2.64. The Morgan fingerprint density at radius 3 is 1.83 bits per heavy atom. The molecule has 0 aromatic heterocycles. The molecule has 4 aromatic rings. The molecule has 1 saturated heterocycles.